The van der Waals surface area contributed by atoms with Gasteiger partial charge in [-0.2, -0.15) is 0 Å². The number of amides is 1. The van der Waals surface area contributed by atoms with Gasteiger partial charge < -0.3 is 10.2 Å². The second kappa shape index (κ2) is 8.99. The predicted molar refractivity (Wildman–Crippen MR) is 93.1 cm³/mol. The third-order valence-electron chi connectivity index (χ3n) is 4.63. The molecule has 0 bridgehead atoms. The van der Waals surface area contributed by atoms with Gasteiger partial charge in [-0.1, -0.05) is 6.07 Å². The molecule has 2 heterocycles. The highest BCUT2D eigenvalue weighted by atomic mass is 16.2. The first-order valence-corrected chi connectivity index (χ1v) is 8.68. The van der Waals surface area contributed by atoms with Crippen LogP contribution in [0.2, 0.25) is 0 Å². The van der Waals surface area contributed by atoms with E-state index in [9.17, 15) is 4.79 Å². The molecule has 1 aromatic rings. The lowest BCUT2D eigenvalue weighted by atomic mass is 10.1. The summed E-state index contributed by atoms with van der Waals surface area (Å²) in [6, 6.07) is 6.57. The van der Waals surface area contributed by atoms with Crippen molar-refractivity contribution in [2.24, 2.45) is 0 Å². The van der Waals surface area contributed by atoms with Gasteiger partial charge >= 0.3 is 0 Å². The number of pyridine rings is 1. The molecule has 1 amide bonds. The Morgan fingerprint density at radius 3 is 2.87 bits per heavy atom. The van der Waals surface area contributed by atoms with Gasteiger partial charge in [-0.25, -0.2) is 0 Å². The van der Waals surface area contributed by atoms with Crippen molar-refractivity contribution in [2.45, 2.75) is 51.7 Å². The van der Waals surface area contributed by atoms with Crippen molar-refractivity contribution in [3.8, 4) is 0 Å². The van der Waals surface area contributed by atoms with Crippen molar-refractivity contribution in [2.75, 3.05) is 26.7 Å². The van der Waals surface area contributed by atoms with E-state index in [1.54, 1.807) is 6.20 Å². The van der Waals surface area contributed by atoms with Crippen molar-refractivity contribution in [1.29, 1.82) is 0 Å². The first-order chi connectivity index (χ1) is 11.1. The minimum absolute atomic E-state index is 0.207. The molecule has 1 aliphatic heterocycles. The third-order valence-corrected chi connectivity index (χ3v) is 4.63. The second-order valence-electron chi connectivity index (χ2n) is 6.69. The van der Waals surface area contributed by atoms with Crippen molar-refractivity contribution in [3.63, 3.8) is 0 Å². The summed E-state index contributed by atoms with van der Waals surface area (Å²) in [6.45, 7) is 7.34. The van der Waals surface area contributed by atoms with Crippen LogP contribution >= 0.6 is 0 Å². The smallest absolute Gasteiger partial charge is 0.237 e. The third kappa shape index (κ3) is 5.59. The van der Waals surface area contributed by atoms with Crippen molar-refractivity contribution in [3.05, 3.63) is 30.1 Å². The quantitative estimate of drug-likeness (QED) is 0.870. The summed E-state index contributed by atoms with van der Waals surface area (Å²) in [5.41, 5.74) is 0.963. The van der Waals surface area contributed by atoms with Crippen LogP contribution in [-0.2, 0) is 11.3 Å². The number of nitrogens with zero attached hydrogens (tertiary/aromatic N) is 3. The molecular formula is C18H30N4O. The molecule has 1 atom stereocenters. The summed E-state index contributed by atoms with van der Waals surface area (Å²) in [5.74, 6) is 0.207. The predicted octanol–water partition coefficient (Wildman–Crippen LogP) is 1.89. The Kier molecular flexibility index (Phi) is 6.99. The fraction of sp³-hybridized carbons (Fsp3) is 0.667. The normalized spacial score (nSPS) is 18.9. The molecule has 0 aliphatic carbocycles. The molecule has 5 heteroatoms. The van der Waals surface area contributed by atoms with Crippen LogP contribution in [0.15, 0.2) is 24.4 Å². The topological polar surface area (TPSA) is 48.5 Å². The van der Waals surface area contributed by atoms with Crippen molar-refractivity contribution in [1.82, 2.24) is 20.1 Å². The number of nitrogens with one attached hydrogen (secondary N) is 1. The number of carbonyl (C=O) groups is 1. The summed E-state index contributed by atoms with van der Waals surface area (Å²) in [4.78, 5) is 21.5. The molecule has 1 fully saturated rings. The van der Waals surface area contributed by atoms with E-state index in [2.05, 4.69) is 29.0 Å². The lowest BCUT2D eigenvalue weighted by Crippen LogP contribution is -2.46. The fourth-order valence-corrected chi connectivity index (χ4v) is 2.89. The molecule has 1 N–H and O–H groups in total. The fourth-order valence-electron chi connectivity index (χ4n) is 2.89. The lowest BCUT2D eigenvalue weighted by molar-refractivity contribution is -0.135. The summed E-state index contributed by atoms with van der Waals surface area (Å²) in [5, 5.41) is 3.43. The van der Waals surface area contributed by atoms with Crippen LogP contribution in [0.5, 0.6) is 0 Å². The molecule has 128 valence electrons. The van der Waals surface area contributed by atoms with E-state index in [1.807, 2.05) is 30.1 Å². The van der Waals surface area contributed by atoms with Crippen LogP contribution in [-0.4, -0.2) is 59.5 Å². The molecule has 1 aliphatic rings. The first-order valence-electron chi connectivity index (χ1n) is 8.68. The van der Waals surface area contributed by atoms with Crippen LogP contribution in [0, 0.1) is 0 Å². The van der Waals surface area contributed by atoms with Gasteiger partial charge in [-0.3, -0.25) is 14.7 Å². The second-order valence-corrected chi connectivity index (χ2v) is 6.69. The number of aromatic nitrogens is 1. The van der Waals surface area contributed by atoms with Gasteiger partial charge in [0.05, 0.1) is 18.8 Å². The SMILES string of the molecule is CC(C)N(C)CC(=O)N(Cc1ccccn1)C1CCCNCC1. The molecule has 1 unspecified atom stereocenters. The van der Waals surface area contributed by atoms with E-state index >= 15 is 0 Å². The summed E-state index contributed by atoms with van der Waals surface area (Å²) in [6.07, 6.45) is 5.00. The van der Waals surface area contributed by atoms with E-state index in [0.29, 0.717) is 25.2 Å². The average molecular weight is 318 g/mol. The highest BCUT2D eigenvalue weighted by Gasteiger charge is 2.26. The number of hydrogen-bond acceptors (Lipinski definition) is 4. The summed E-state index contributed by atoms with van der Waals surface area (Å²) >= 11 is 0. The van der Waals surface area contributed by atoms with Gasteiger partial charge in [-0.15, -0.1) is 0 Å². The minimum atomic E-state index is 0.207. The number of carbonyl (C=O) groups excluding carboxylic acids is 1. The maximum absolute atomic E-state index is 12.9. The highest BCUT2D eigenvalue weighted by molar-refractivity contribution is 5.78. The Morgan fingerprint density at radius 2 is 2.17 bits per heavy atom. The highest BCUT2D eigenvalue weighted by Crippen LogP contribution is 2.17. The van der Waals surface area contributed by atoms with Crippen molar-refractivity contribution >= 4 is 5.91 Å². The molecule has 5 nitrogen and oxygen atoms in total. The average Bonchev–Trinajstić information content (AvgIpc) is 2.82. The molecule has 0 saturated carbocycles. The lowest BCUT2D eigenvalue weighted by Gasteiger charge is -2.33. The van der Waals surface area contributed by atoms with Crippen LogP contribution in [0.25, 0.3) is 0 Å². The number of rotatable bonds is 6. The maximum Gasteiger partial charge on any atom is 0.237 e. The maximum atomic E-state index is 12.9. The number of likely N-dealkylation sites (N-methyl/N-ethyl adjacent to an activating group) is 1. The van der Waals surface area contributed by atoms with Crippen LogP contribution in [0.4, 0.5) is 0 Å². The van der Waals surface area contributed by atoms with Gasteiger partial charge in [0.25, 0.3) is 0 Å². The van der Waals surface area contributed by atoms with Gasteiger partial charge in [0.15, 0.2) is 0 Å². The molecule has 0 aromatic carbocycles. The molecule has 2 rings (SSSR count). The van der Waals surface area contributed by atoms with Crippen LogP contribution in [0.3, 0.4) is 0 Å². The molecule has 1 aromatic heterocycles. The minimum Gasteiger partial charge on any atom is -0.333 e. The van der Waals surface area contributed by atoms with E-state index in [1.165, 1.54) is 0 Å². The van der Waals surface area contributed by atoms with Gasteiger partial charge in [0, 0.05) is 18.3 Å². The van der Waals surface area contributed by atoms with Gasteiger partial charge in [0.1, 0.15) is 0 Å². The monoisotopic (exact) mass is 318 g/mol. The van der Waals surface area contributed by atoms with E-state index in [-0.39, 0.29) is 5.91 Å². The Balaban J connectivity index is 2.10. The molecule has 0 spiro atoms. The Labute approximate surface area is 140 Å². The van der Waals surface area contributed by atoms with E-state index in [4.69, 9.17) is 0 Å². The van der Waals surface area contributed by atoms with Crippen molar-refractivity contribution < 1.29 is 4.79 Å². The largest absolute Gasteiger partial charge is 0.333 e. The molecule has 1 saturated heterocycles. The van der Waals surface area contributed by atoms with Crippen LogP contribution in [0.1, 0.15) is 38.8 Å². The molecule has 0 radical (unpaired) electrons. The molecular weight excluding hydrogens is 288 g/mol. The summed E-state index contributed by atoms with van der Waals surface area (Å²) in [7, 11) is 2.01. The van der Waals surface area contributed by atoms with E-state index in [0.717, 1.165) is 38.0 Å². The van der Waals surface area contributed by atoms with E-state index < -0.39 is 0 Å². The summed E-state index contributed by atoms with van der Waals surface area (Å²) < 4.78 is 0. The zero-order valence-corrected chi connectivity index (χ0v) is 14.7. The Morgan fingerprint density at radius 1 is 1.35 bits per heavy atom. The Hall–Kier alpha value is -1.46. The number of hydrogen-bond donors (Lipinski definition) is 1. The van der Waals surface area contributed by atoms with Crippen LogP contribution < -0.4 is 5.32 Å². The standard InChI is InChI=1S/C18H30N4O/c1-15(2)21(3)14-18(23)22(13-16-7-4-5-11-20-16)17-8-6-10-19-12-9-17/h4-5,7,11,15,17,19H,6,8-10,12-14H2,1-3H3. The molecule has 23 heavy (non-hydrogen) atoms. The van der Waals surface area contributed by atoms with Gasteiger partial charge in [0.2, 0.25) is 5.91 Å². The first kappa shape index (κ1) is 17.9. The zero-order chi connectivity index (χ0) is 16.7. The van der Waals surface area contributed by atoms with Gasteiger partial charge in [-0.05, 0) is 65.4 Å². The Bertz CT molecular complexity index is 469. The zero-order valence-electron chi connectivity index (χ0n) is 14.7.